The summed E-state index contributed by atoms with van der Waals surface area (Å²) in [7, 11) is 0. The number of carboxylic acid groups (broad SMARTS) is 1. The SMILES string of the molecule is O=C(O)CCCCCN1C(=O)c2ccc3c4c(ccc(c24)C1=O)C(=O)N(c1ccc(N=Nc2ccc(O)cc2)cc1)C3=O. The number of phenols is 1. The van der Waals surface area contributed by atoms with Gasteiger partial charge in [-0.25, -0.2) is 4.90 Å². The topological polar surface area (TPSA) is 157 Å². The Morgan fingerprint density at radius 1 is 0.605 bits per heavy atom. The fourth-order valence-electron chi connectivity index (χ4n) is 5.39. The van der Waals surface area contributed by atoms with Crippen molar-refractivity contribution in [2.45, 2.75) is 25.7 Å². The lowest BCUT2D eigenvalue weighted by molar-refractivity contribution is -0.137. The van der Waals surface area contributed by atoms with Crippen molar-refractivity contribution in [2.75, 3.05) is 11.4 Å². The smallest absolute Gasteiger partial charge is 0.303 e. The van der Waals surface area contributed by atoms with Crippen LogP contribution in [0, 0.1) is 0 Å². The van der Waals surface area contributed by atoms with Crippen LogP contribution in [-0.2, 0) is 4.79 Å². The molecule has 4 aromatic carbocycles. The molecule has 0 saturated carbocycles. The van der Waals surface area contributed by atoms with Crippen molar-refractivity contribution in [2.24, 2.45) is 10.2 Å². The van der Waals surface area contributed by atoms with Crippen molar-refractivity contribution in [3.63, 3.8) is 0 Å². The average Bonchev–Trinajstić information content (AvgIpc) is 3.00. The zero-order valence-electron chi connectivity index (χ0n) is 22.7. The van der Waals surface area contributed by atoms with Gasteiger partial charge in [-0.05, 0) is 85.6 Å². The number of benzene rings is 4. The lowest BCUT2D eigenvalue weighted by Crippen LogP contribution is -2.43. The van der Waals surface area contributed by atoms with Gasteiger partial charge < -0.3 is 10.2 Å². The summed E-state index contributed by atoms with van der Waals surface area (Å²) >= 11 is 0. The first kappa shape index (κ1) is 27.5. The molecule has 11 nitrogen and oxygen atoms in total. The third kappa shape index (κ3) is 4.90. The van der Waals surface area contributed by atoms with E-state index in [1.165, 1.54) is 36.4 Å². The van der Waals surface area contributed by atoms with Gasteiger partial charge in [-0.3, -0.25) is 28.9 Å². The molecule has 0 spiro atoms. The number of aliphatic carboxylic acids is 1. The third-order valence-electron chi connectivity index (χ3n) is 7.49. The van der Waals surface area contributed by atoms with Crippen molar-refractivity contribution in [1.29, 1.82) is 0 Å². The summed E-state index contributed by atoms with van der Waals surface area (Å²) in [4.78, 5) is 67.0. The number of hydrogen-bond donors (Lipinski definition) is 2. The first-order valence-corrected chi connectivity index (χ1v) is 13.6. The molecular weight excluding hydrogens is 552 g/mol. The van der Waals surface area contributed by atoms with Crippen LogP contribution in [0.5, 0.6) is 5.75 Å². The number of amides is 4. The normalized spacial score (nSPS) is 14.3. The largest absolute Gasteiger partial charge is 0.508 e. The molecule has 2 heterocycles. The second kappa shape index (κ2) is 10.9. The summed E-state index contributed by atoms with van der Waals surface area (Å²) in [6, 6.07) is 18.6. The predicted octanol–water partition coefficient (Wildman–Crippen LogP) is 6.00. The molecule has 0 aliphatic carbocycles. The fourth-order valence-corrected chi connectivity index (χ4v) is 5.39. The van der Waals surface area contributed by atoms with Gasteiger partial charge in [0.25, 0.3) is 23.6 Å². The van der Waals surface area contributed by atoms with Crippen LogP contribution in [0.25, 0.3) is 10.8 Å². The molecule has 2 aliphatic rings. The van der Waals surface area contributed by atoms with Gasteiger partial charge in [0.2, 0.25) is 0 Å². The van der Waals surface area contributed by atoms with E-state index in [9.17, 15) is 29.1 Å². The van der Waals surface area contributed by atoms with Gasteiger partial charge in [-0.2, -0.15) is 10.2 Å². The van der Waals surface area contributed by atoms with Gasteiger partial charge in [0.1, 0.15) is 5.75 Å². The van der Waals surface area contributed by atoms with E-state index in [0.717, 1.165) is 9.80 Å². The van der Waals surface area contributed by atoms with Crippen LogP contribution in [0.15, 0.2) is 83.0 Å². The number of carboxylic acids is 1. The summed E-state index contributed by atoms with van der Waals surface area (Å²) in [6.07, 6.45) is 1.47. The number of unbranched alkanes of at least 4 members (excludes halogenated alkanes) is 2. The Morgan fingerprint density at radius 3 is 1.56 bits per heavy atom. The summed E-state index contributed by atoms with van der Waals surface area (Å²) in [6.45, 7) is 0.137. The van der Waals surface area contributed by atoms with Crippen LogP contribution < -0.4 is 4.90 Å². The zero-order chi connectivity index (χ0) is 30.2. The van der Waals surface area contributed by atoms with Gasteiger partial charge in [0, 0.05) is 46.0 Å². The summed E-state index contributed by atoms with van der Waals surface area (Å²) in [5.41, 5.74) is 2.21. The molecule has 43 heavy (non-hydrogen) atoms. The standard InChI is InChI=1S/C32H24N4O7/c37-21-11-7-19(8-12-21)34-33-18-5-9-20(10-6-18)36-31(42)24-15-13-22-27-23(14-16-25(28(24)27)32(36)43)30(41)35(29(22)40)17-3-1-2-4-26(38)39/h5-16,37H,1-4,17H2,(H,38,39). The predicted molar refractivity (Wildman–Crippen MR) is 155 cm³/mol. The van der Waals surface area contributed by atoms with Gasteiger partial charge in [0.15, 0.2) is 0 Å². The number of imide groups is 2. The van der Waals surface area contributed by atoms with Crippen LogP contribution in [0.4, 0.5) is 17.1 Å². The number of hydrogen-bond acceptors (Lipinski definition) is 8. The van der Waals surface area contributed by atoms with E-state index >= 15 is 0 Å². The molecule has 4 amide bonds. The minimum Gasteiger partial charge on any atom is -0.508 e. The Labute approximate surface area is 244 Å². The van der Waals surface area contributed by atoms with Crippen LogP contribution in [-0.4, -0.2) is 51.3 Å². The molecule has 4 aromatic rings. The molecule has 0 aromatic heterocycles. The molecule has 11 heteroatoms. The fraction of sp³-hybridized carbons (Fsp3) is 0.156. The molecule has 0 unspecified atom stereocenters. The maximum Gasteiger partial charge on any atom is 0.303 e. The average molecular weight is 577 g/mol. The van der Waals surface area contributed by atoms with E-state index in [4.69, 9.17) is 5.11 Å². The van der Waals surface area contributed by atoms with E-state index in [-0.39, 0.29) is 46.4 Å². The number of azo groups is 1. The van der Waals surface area contributed by atoms with Gasteiger partial charge in [-0.15, -0.1) is 0 Å². The second-order valence-corrected chi connectivity index (χ2v) is 10.2. The molecular formula is C32H24N4O7. The number of aromatic hydroxyl groups is 1. The lowest BCUT2D eigenvalue weighted by atomic mass is 9.85. The lowest BCUT2D eigenvalue weighted by Gasteiger charge is -2.32. The van der Waals surface area contributed by atoms with Crippen molar-refractivity contribution in [1.82, 2.24) is 4.90 Å². The van der Waals surface area contributed by atoms with E-state index in [1.807, 2.05) is 0 Å². The Bertz CT molecular complexity index is 1790. The molecule has 2 aliphatic heterocycles. The monoisotopic (exact) mass is 576 g/mol. The highest BCUT2D eigenvalue weighted by Crippen LogP contribution is 2.39. The minimum absolute atomic E-state index is 0.0188. The molecule has 0 atom stereocenters. The Kier molecular flexibility index (Phi) is 6.98. The highest BCUT2D eigenvalue weighted by atomic mass is 16.4. The Morgan fingerprint density at radius 2 is 1.07 bits per heavy atom. The maximum atomic E-state index is 13.7. The zero-order valence-corrected chi connectivity index (χ0v) is 22.7. The highest BCUT2D eigenvalue weighted by molar-refractivity contribution is 6.39. The van der Waals surface area contributed by atoms with Gasteiger partial charge in [-0.1, -0.05) is 6.42 Å². The third-order valence-corrected chi connectivity index (χ3v) is 7.49. The molecule has 0 bridgehead atoms. The molecule has 0 saturated heterocycles. The quantitative estimate of drug-likeness (QED) is 0.140. The number of phenolic OH excluding ortho intramolecular Hbond substituents is 1. The Balaban J connectivity index is 1.27. The van der Waals surface area contributed by atoms with Crippen molar-refractivity contribution < 1.29 is 34.2 Å². The van der Waals surface area contributed by atoms with E-state index in [1.54, 1.807) is 36.4 Å². The Hall–Kier alpha value is -5.71. The molecule has 6 rings (SSSR count). The number of carbonyl (C=O) groups is 5. The van der Waals surface area contributed by atoms with Crippen LogP contribution >= 0.6 is 0 Å². The molecule has 0 fully saturated rings. The van der Waals surface area contributed by atoms with Crippen LogP contribution in [0.1, 0.15) is 67.1 Å². The van der Waals surface area contributed by atoms with E-state index in [2.05, 4.69) is 10.2 Å². The van der Waals surface area contributed by atoms with Gasteiger partial charge in [0.05, 0.1) is 17.1 Å². The highest BCUT2D eigenvalue weighted by Gasteiger charge is 2.40. The minimum atomic E-state index is -0.896. The second-order valence-electron chi connectivity index (χ2n) is 10.2. The van der Waals surface area contributed by atoms with E-state index in [0.29, 0.717) is 41.7 Å². The number of anilines is 1. The first-order chi connectivity index (χ1) is 20.7. The molecule has 214 valence electrons. The van der Waals surface area contributed by atoms with Crippen molar-refractivity contribution in [3.8, 4) is 5.75 Å². The van der Waals surface area contributed by atoms with Crippen LogP contribution in [0.3, 0.4) is 0 Å². The van der Waals surface area contributed by atoms with Crippen molar-refractivity contribution >= 4 is 57.4 Å². The number of rotatable bonds is 9. The summed E-state index contributed by atoms with van der Waals surface area (Å²) in [5.74, 6) is -2.98. The van der Waals surface area contributed by atoms with E-state index < -0.39 is 29.6 Å². The number of carbonyl (C=O) groups excluding carboxylic acids is 4. The van der Waals surface area contributed by atoms with Gasteiger partial charge >= 0.3 is 5.97 Å². The summed E-state index contributed by atoms with van der Waals surface area (Å²) in [5, 5.41) is 27.1. The summed E-state index contributed by atoms with van der Waals surface area (Å²) < 4.78 is 0. The molecule has 2 N–H and O–H groups in total. The number of nitrogens with zero attached hydrogens (tertiary/aromatic N) is 4. The van der Waals surface area contributed by atoms with Crippen LogP contribution in [0.2, 0.25) is 0 Å². The van der Waals surface area contributed by atoms with Crippen molar-refractivity contribution in [3.05, 3.63) is 95.1 Å². The molecule has 0 radical (unpaired) electrons. The maximum absolute atomic E-state index is 13.7. The first-order valence-electron chi connectivity index (χ1n) is 13.6.